The van der Waals surface area contributed by atoms with Crippen LogP contribution < -0.4 is 0 Å². The minimum Gasteiger partial charge on any atom is -0.477 e. The Balaban J connectivity index is 0. The molecule has 0 aliphatic rings. The normalized spacial score (nSPS) is 5.88. The van der Waals surface area contributed by atoms with Gasteiger partial charge in [-0.25, -0.2) is 4.79 Å². The second-order valence-corrected chi connectivity index (χ2v) is 0.896. The molecule has 0 atom stereocenters. The van der Waals surface area contributed by atoms with Crippen molar-refractivity contribution in [1.82, 2.24) is 0 Å². The van der Waals surface area contributed by atoms with Crippen molar-refractivity contribution in [3.05, 3.63) is 12.2 Å². The lowest BCUT2D eigenvalue weighted by atomic mass is 10.4. The zero-order chi connectivity index (χ0) is 5.86. The molecule has 3 nitrogen and oxygen atoms in total. The average Bonchev–Trinajstić information content (AvgIpc) is 1.65. The third-order valence-corrected chi connectivity index (χ3v) is 0.393. The molecule has 0 fully saturated rings. The molecule has 0 aliphatic carbocycles. The Bertz CT molecular complexity index is 147. The van der Waals surface area contributed by atoms with E-state index in [0.29, 0.717) is 0 Å². The first-order valence-corrected chi connectivity index (χ1v) is 1.50. The summed E-state index contributed by atoms with van der Waals surface area (Å²) in [7, 11) is 0. The largest absolute Gasteiger partial charge is 0.477 e. The van der Waals surface area contributed by atoms with Crippen LogP contribution in [0.2, 0.25) is 0 Å². The van der Waals surface area contributed by atoms with E-state index >= 15 is 0 Å². The molecule has 0 radical (unpaired) electrons. The first-order valence-electron chi connectivity index (χ1n) is 1.50. The van der Waals surface area contributed by atoms with Gasteiger partial charge >= 0.3 is 5.97 Å². The summed E-state index contributed by atoms with van der Waals surface area (Å²) >= 11 is 0. The zero-order valence-corrected chi connectivity index (χ0v) is 3.51. The molecule has 8 heavy (non-hydrogen) atoms. The number of nitrogens with zero attached hydrogens (tertiary/aromatic N) is 1. The Labute approximate surface area is 51.3 Å². The number of rotatable bonds is 1. The van der Waals surface area contributed by atoms with Crippen molar-refractivity contribution in [3.8, 4) is 6.07 Å². The van der Waals surface area contributed by atoms with Crippen molar-refractivity contribution >= 4 is 16.9 Å². The summed E-state index contributed by atoms with van der Waals surface area (Å²) in [6.07, 6.45) is 0. The van der Waals surface area contributed by atoms with Crippen LogP contribution in [-0.4, -0.2) is 22.0 Å². The predicted molar refractivity (Wildman–Crippen MR) is 33.7 cm³/mol. The molecule has 1 N–H and O–H groups in total. The van der Waals surface area contributed by atoms with E-state index in [9.17, 15) is 4.79 Å². The first-order chi connectivity index (χ1) is 3.18. The number of aliphatic carboxylic acids is 1. The smallest absolute Gasteiger partial charge is 0.345 e. The highest BCUT2D eigenvalue weighted by Crippen LogP contribution is 1.81. The van der Waals surface area contributed by atoms with Gasteiger partial charge in [0, 0.05) is 0 Å². The number of carboxylic acid groups (broad SMARTS) is 1. The second-order valence-electron chi connectivity index (χ2n) is 0.896. The van der Waals surface area contributed by atoms with Crippen molar-refractivity contribution in [3.63, 3.8) is 0 Å². The summed E-state index contributed by atoms with van der Waals surface area (Å²) in [4.78, 5) is 9.61. The number of carbonyl (C=O) groups is 1. The molecule has 0 spiro atoms. The Morgan fingerprint density at radius 2 is 2.12 bits per heavy atom. The Hall–Kier alpha value is -1.08. The summed E-state index contributed by atoms with van der Waals surface area (Å²) in [6, 6.07) is 1.37. The SMILES string of the molecule is C=C(C#N)C(=O)O.[SiH4]. The maximum Gasteiger partial charge on any atom is 0.345 e. The topological polar surface area (TPSA) is 61.1 Å². The Morgan fingerprint density at radius 3 is 2.12 bits per heavy atom. The minimum atomic E-state index is -1.26. The van der Waals surface area contributed by atoms with Gasteiger partial charge in [-0.05, 0) is 11.0 Å². The van der Waals surface area contributed by atoms with Crippen LogP contribution in [0, 0.1) is 11.3 Å². The van der Waals surface area contributed by atoms with Gasteiger partial charge in [-0.2, -0.15) is 5.26 Å². The Kier molecular flexibility index (Phi) is 5.12. The van der Waals surface area contributed by atoms with E-state index in [1.807, 2.05) is 0 Å². The lowest BCUT2D eigenvalue weighted by Gasteiger charge is -1.76. The molecule has 0 amide bonds. The van der Waals surface area contributed by atoms with Gasteiger partial charge in [0.15, 0.2) is 0 Å². The fourth-order valence-electron chi connectivity index (χ4n) is 0.0478. The maximum atomic E-state index is 9.61. The van der Waals surface area contributed by atoms with Gasteiger partial charge in [0.2, 0.25) is 0 Å². The van der Waals surface area contributed by atoms with Crippen molar-refractivity contribution < 1.29 is 9.90 Å². The highest BCUT2D eigenvalue weighted by molar-refractivity contribution is 5.90. The number of nitriles is 1. The van der Waals surface area contributed by atoms with Crippen molar-refractivity contribution in [2.24, 2.45) is 0 Å². The molecular weight excluding hydrogens is 122 g/mol. The second kappa shape index (κ2) is 4.09. The predicted octanol–water partition coefficient (Wildman–Crippen LogP) is -1.30. The van der Waals surface area contributed by atoms with Gasteiger partial charge in [0.25, 0.3) is 0 Å². The molecule has 44 valence electrons. The molecular formula is C4H7NO2Si. The fraction of sp³-hybridized carbons (Fsp3) is 0. The molecule has 0 saturated heterocycles. The summed E-state index contributed by atoms with van der Waals surface area (Å²) in [5.41, 5.74) is -0.431. The van der Waals surface area contributed by atoms with Crippen molar-refractivity contribution in [1.29, 1.82) is 5.26 Å². The van der Waals surface area contributed by atoms with Crippen LogP contribution in [-0.2, 0) is 4.79 Å². The van der Waals surface area contributed by atoms with Crippen LogP contribution in [0.5, 0.6) is 0 Å². The number of hydrogen-bond donors (Lipinski definition) is 1. The molecule has 0 bridgehead atoms. The molecule has 4 heteroatoms. The lowest BCUT2D eigenvalue weighted by Crippen LogP contribution is -1.94. The van der Waals surface area contributed by atoms with E-state index < -0.39 is 11.5 Å². The van der Waals surface area contributed by atoms with Crippen LogP contribution in [0.1, 0.15) is 0 Å². The van der Waals surface area contributed by atoms with E-state index in [-0.39, 0.29) is 11.0 Å². The summed E-state index contributed by atoms with van der Waals surface area (Å²) < 4.78 is 0. The summed E-state index contributed by atoms with van der Waals surface area (Å²) in [5.74, 6) is -1.26. The van der Waals surface area contributed by atoms with Gasteiger partial charge in [-0.3, -0.25) is 0 Å². The zero-order valence-electron chi connectivity index (χ0n) is 3.51. The van der Waals surface area contributed by atoms with Crippen LogP contribution in [0.4, 0.5) is 0 Å². The maximum absolute atomic E-state index is 9.61. The van der Waals surface area contributed by atoms with Gasteiger partial charge in [0.1, 0.15) is 11.6 Å². The van der Waals surface area contributed by atoms with E-state index in [4.69, 9.17) is 10.4 Å². The average molecular weight is 129 g/mol. The van der Waals surface area contributed by atoms with E-state index in [1.54, 1.807) is 0 Å². The van der Waals surface area contributed by atoms with Gasteiger partial charge in [-0.1, -0.05) is 6.58 Å². The molecule has 0 aromatic heterocycles. The molecule has 0 saturated carbocycles. The molecule has 0 rings (SSSR count). The standard InChI is InChI=1S/C4H3NO2.H4Si/c1-3(2-5)4(6)7;/h1H2,(H,6,7);1H4. The molecule has 0 unspecified atom stereocenters. The third kappa shape index (κ3) is 3.12. The quantitative estimate of drug-likeness (QED) is 0.272. The highest BCUT2D eigenvalue weighted by atomic mass is 28.1. The lowest BCUT2D eigenvalue weighted by molar-refractivity contribution is -0.132. The minimum absolute atomic E-state index is 0. The highest BCUT2D eigenvalue weighted by Gasteiger charge is 1.97. The van der Waals surface area contributed by atoms with Gasteiger partial charge in [0.05, 0.1) is 0 Å². The molecule has 0 aliphatic heterocycles. The molecule has 0 aromatic carbocycles. The van der Waals surface area contributed by atoms with E-state index in [0.717, 1.165) is 0 Å². The summed E-state index contributed by atoms with van der Waals surface area (Å²) in [6.45, 7) is 2.91. The van der Waals surface area contributed by atoms with Crippen LogP contribution >= 0.6 is 0 Å². The van der Waals surface area contributed by atoms with E-state index in [2.05, 4.69) is 6.58 Å². The monoisotopic (exact) mass is 129 g/mol. The molecule has 0 aromatic rings. The van der Waals surface area contributed by atoms with Gasteiger partial charge < -0.3 is 5.11 Å². The van der Waals surface area contributed by atoms with Gasteiger partial charge in [-0.15, -0.1) is 0 Å². The van der Waals surface area contributed by atoms with Crippen molar-refractivity contribution in [2.45, 2.75) is 0 Å². The first kappa shape index (κ1) is 10.0. The fourth-order valence-corrected chi connectivity index (χ4v) is 0.0478. The van der Waals surface area contributed by atoms with Crippen molar-refractivity contribution in [2.75, 3.05) is 0 Å². The van der Waals surface area contributed by atoms with Crippen LogP contribution in [0.25, 0.3) is 0 Å². The Morgan fingerprint density at radius 1 is 1.75 bits per heavy atom. The summed E-state index contributed by atoms with van der Waals surface area (Å²) in [5, 5.41) is 15.6. The number of carboxylic acids is 1. The third-order valence-electron chi connectivity index (χ3n) is 0.393. The van der Waals surface area contributed by atoms with Crippen LogP contribution in [0.15, 0.2) is 12.2 Å². The van der Waals surface area contributed by atoms with Crippen LogP contribution in [0.3, 0.4) is 0 Å². The number of hydrogen-bond acceptors (Lipinski definition) is 2. The van der Waals surface area contributed by atoms with E-state index in [1.165, 1.54) is 6.07 Å². The molecule has 0 heterocycles.